The number of hydrogen-bond donors (Lipinski definition) is 2. The van der Waals surface area contributed by atoms with E-state index in [0.717, 1.165) is 0 Å². The highest BCUT2D eigenvalue weighted by Gasteiger charge is 1.98. The molecule has 0 aliphatic carbocycles. The van der Waals surface area contributed by atoms with Crippen LogP contribution in [0.1, 0.15) is 0 Å². The third-order valence-corrected chi connectivity index (χ3v) is 0.878. The molecule has 0 aromatic heterocycles. The lowest BCUT2D eigenvalue weighted by Gasteiger charge is -1.97. The molecule has 0 saturated carbocycles. The summed E-state index contributed by atoms with van der Waals surface area (Å²) in [5.74, 6) is -0.181. The maximum Gasteiger partial charge on any atom is 0.117 e. The van der Waals surface area contributed by atoms with Crippen LogP contribution in [0.5, 0.6) is 0 Å². The van der Waals surface area contributed by atoms with Crippen molar-refractivity contribution in [2.24, 2.45) is 0 Å². The minimum atomic E-state index is -0.181. The predicted molar refractivity (Wildman–Crippen MR) is 38.8 cm³/mol. The summed E-state index contributed by atoms with van der Waals surface area (Å²) in [7, 11) is 0. The third-order valence-electron chi connectivity index (χ3n) is 0.878. The van der Waals surface area contributed by atoms with Crippen molar-refractivity contribution >= 4 is 5.71 Å². The second-order valence-electron chi connectivity index (χ2n) is 1.54. The van der Waals surface area contributed by atoms with Gasteiger partial charge in [0.25, 0.3) is 0 Å². The topological polar surface area (TPSA) is 44.1 Å². The van der Waals surface area contributed by atoms with Gasteiger partial charge < -0.3 is 10.5 Å². The molecule has 0 bridgehead atoms. The number of aliphatic hydroxyl groups excluding tert-OH is 1. The molecule has 0 aromatic rings. The van der Waals surface area contributed by atoms with Crippen LogP contribution in [-0.4, -0.2) is 10.8 Å². The van der Waals surface area contributed by atoms with Gasteiger partial charge >= 0.3 is 0 Å². The van der Waals surface area contributed by atoms with E-state index in [0.29, 0.717) is 0 Å². The van der Waals surface area contributed by atoms with E-state index in [9.17, 15) is 0 Å². The molecule has 0 heterocycles. The van der Waals surface area contributed by atoms with E-state index in [1.54, 1.807) is 0 Å². The maximum atomic E-state index is 8.64. The fourth-order valence-corrected chi connectivity index (χ4v) is 0.279. The molecule has 2 nitrogen and oxygen atoms in total. The molecule has 0 spiro atoms. The number of rotatable bonds is 3. The largest absolute Gasteiger partial charge is 0.508 e. The minimum Gasteiger partial charge on any atom is -0.508 e. The van der Waals surface area contributed by atoms with Crippen molar-refractivity contribution in [3.63, 3.8) is 0 Å². The Morgan fingerprint density at radius 3 is 2.00 bits per heavy atom. The normalized spacial score (nSPS) is 8.00. The molecule has 0 saturated heterocycles. The quantitative estimate of drug-likeness (QED) is 0.335. The molecule has 0 unspecified atom stereocenters. The van der Waals surface area contributed by atoms with Crippen LogP contribution in [0.3, 0.4) is 0 Å². The van der Waals surface area contributed by atoms with E-state index in [-0.39, 0.29) is 17.0 Å². The molecule has 0 rings (SSSR count). The number of allylic oxidation sites excluding steroid dienone is 2. The van der Waals surface area contributed by atoms with Crippen molar-refractivity contribution in [2.45, 2.75) is 0 Å². The first-order valence-electron chi connectivity index (χ1n) is 2.38. The Bertz CT molecular complexity index is 179. The lowest BCUT2D eigenvalue weighted by Crippen LogP contribution is -1.96. The van der Waals surface area contributed by atoms with E-state index < -0.39 is 0 Å². The molecule has 2 N–H and O–H groups in total. The molecule has 0 radical (unpaired) electrons. The molecular formula is C7H9NO. The Balaban J connectivity index is 4.22. The van der Waals surface area contributed by atoms with Crippen molar-refractivity contribution in [1.29, 1.82) is 5.41 Å². The van der Waals surface area contributed by atoms with Crippen LogP contribution >= 0.6 is 0 Å². The van der Waals surface area contributed by atoms with Crippen LogP contribution in [-0.2, 0) is 0 Å². The summed E-state index contributed by atoms with van der Waals surface area (Å²) in [6.07, 6.45) is 1.30. The van der Waals surface area contributed by atoms with Gasteiger partial charge in [-0.05, 0) is 6.08 Å². The Hall–Kier alpha value is -1.31. The van der Waals surface area contributed by atoms with Crippen LogP contribution in [0, 0.1) is 5.41 Å². The number of nitrogens with one attached hydrogen (secondary N) is 1. The lowest BCUT2D eigenvalue weighted by atomic mass is 10.1. The highest BCUT2D eigenvalue weighted by Crippen LogP contribution is 2.01. The fraction of sp³-hybridized carbons (Fsp3) is 0. The Labute approximate surface area is 54.3 Å². The van der Waals surface area contributed by atoms with Gasteiger partial charge in [0.2, 0.25) is 0 Å². The Morgan fingerprint density at radius 1 is 1.44 bits per heavy atom. The van der Waals surface area contributed by atoms with Crippen molar-refractivity contribution in [3.8, 4) is 0 Å². The minimum absolute atomic E-state index is 0.0995. The van der Waals surface area contributed by atoms with Gasteiger partial charge in [-0.1, -0.05) is 19.7 Å². The average Bonchev–Trinajstić information content (AvgIpc) is 1.84. The van der Waals surface area contributed by atoms with Crippen LogP contribution in [0.2, 0.25) is 0 Å². The molecule has 0 fully saturated rings. The van der Waals surface area contributed by atoms with Gasteiger partial charge in [0.1, 0.15) is 5.76 Å². The van der Waals surface area contributed by atoms with Crippen molar-refractivity contribution < 1.29 is 5.11 Å². The molecule has 0 aromatic carbocycles. The zero-order chi connectivity index (χ0) is 7.44. The summed E-state index contributed by atoms with van der Waals surface area (Å²) >= 11 is 0. The summed E-state index contributed by atoms with van der Waals surface area (Å²) < 4.78 is 0. The van der Waals surface area contributed by atoms with E-state index in [1.165, 1.54) is 6.08 Å². The molecule has 48 valence electrons. The summed E-state index contributed by atoms with van der Waals surface area (Å²) in [5.41, 5.74) is 0.313. The Kier molecular flexibility index (Phi) is 2.45. The van der Waals surface area contributed by atoms with E-state index in [1.807, 2.05) is 0 Å². The fourth-order valence-electron chi connectivity index (χ4n) is 0.279. The lowest BCUT2D eigenvalue weighted by molar-refractivity contribution is 0.431. The average molecular weight is 123 g/mol. The van der Waals surface area contributed by atoms with Gasteiger partial charge in [-0.25, -0.2) is 0 Å². The monoisotopic (exact) mass is 123 g/mol. The van der Waals surface area contributed by atoms with Crippen molar-refractivity contribution in [2.75, 3.05) is 0 Å². The molecular weight excluding hydrogens is 114 g/mol. The molecule has 0 amide bonds. The molecule has 2 heteroatoms. The SMILES string of the molecule is C=CC(=N)C(=C)C(=C)O. The number of hydrogen-bond acceptors (Lipinski definition) is 2. The standard InChI is InChI=1S/C7H9NO/c1-4-7(8)5(2)6(3)9/h4,8-9H,1-3H2. The molecule has 9 heavy (non-hydrogen) atoms. The maximum absolute atomic E-state index is 8.64. The van der Waals surface area contributed by atoms with Crippen LogP contribution in [0.4, 0.5) is 0 Å². The molecule has 0 aliphatic heterocycles. The van der Waals surface area contributed by atoms with E-state index in [4.69, 9.17) is 10.5 Å². The van der Waals surface area contributed by atoms with Crippen LogP contribution in [0.25, 0.3) is 0 Å². The molecule has 0 aliphatic rings. The summed E-state index contributed by atoms with van der Waals surface area (Å²) in [6, 6.07) is 0. The molecule has 0 atom stereocenters. The van der Waals surface area contributed by atoms with Gasteiger partial charge in [-0.15, -0.1) is 0 Å². The van der Waals surface area contributed by atoms with Gasteiger partial charge in [0, 0.05) is 5.57 Å². The van der Waals surface area contributed by atoms with Crippen molar-refractivity contribution in [1.82, 2.24) is 0 Å². The summed E-state index contributed by atoms with van der Waals surface area (Å²) in [5, 5.41) is 15.7. The number of aliphatic hydroxyl groups is 1. The van der Waals surface area contributed by atoms with Crippen LogP contribution < -0.4 is 0 Å². The highest BCUT2D eigenvalue weighted by molar-refractivity contribution is 6.07. The second-order valence-corrected chi connectivity index (χ2v) is 1.54. The van der Waals surface area contributed by atoms with Gasteiger partial charge in [-0.2, -0.15) is 0 Å². The van der Waals surface area contributed by atoms with E-state index >= 15 is 0 Å². The Morgan fingerprint density at radius 2 is 1.89 bits per heavy atom. The first-order chi connectivity index (χ1) is 4.09. The highest BCUT2D eigenvalue weighted by atomic mass is 16.3. The van der Waals surface area contributed by atoms with Crippen LogP contribution in [0.15, 0.2) is 37.1 Å². The van der Waals surface area contributed by atoms with E-state index in [2.05, 4.69) is 19.7 Å². The summed E-state index contributed by atoms with van der Waals surface area (Å²) in [4.78, 5) is 0. The van der Waals surface area contributed by atoms with Gasteiger partial charge in [0.15, 0.2) is 0 Å². The van der Waals surface area contributed by atoms with Crippen molar-refractivity contribution in [3.05, 3.63) is 37.1 Å². The third kappa shape index (κ3) is 1.95. The second kappa shape index (κ2) is 2.87. The first-order valence-corrected chi connectivity index (χ1v) is 2.38. The first kappa shape index (κ1) is 7.69. The predicted octanol–water partition coefficient (Wildman–Crippen LogP) is 1.82. The zero-order valence-corrected chi connectivity index (χ0v) is 5.15. The van der Waals surface area contributed by atoms with Gasteiger partial charge in [-0.3, -0.25) is 0 Å². The van der Waals surface area contributed by atoms with Gasteiger partial charge in [0.05, 0.1) is 5.71 Å². The summed E-state index contributed by atoms with van der Waals surface area (Å²) in [6.45, 7) is 9.90. The smallest absolute Gasteiger partial charge is 0.117 e. The zero-order valence-electron chi connectivity index (χ0n) is 5.15.